The van der Waals surface area contributed by atoms with E-state index >= 15 is 0 Å². The molecule has 0 radical (unpaired) electrons. The van der Waals surface area contributed by atoms with Crippen molar-refractivity contribution in [3.63, 3.8) is 0 Å². The number of carboxylic acid groups (broad SMARTS) is 1. The largest absolute Gasteiger partial charge is 0.480 e. The Labute approximate surface area is 125 Å². The topological polar surface area (TPSA) is 118 Å². The zero-order valence-electron chi connectivity index (χ0n) is 11.6. The highest BCUT2D eigenvalue weighted by atomic mass is 79.9. The lowest BCUT2D eigenvalue weighted by molar-refractivity contribution is -0.142. The predicted molar refractivity (Wildman–Crippen MR) is 80.2 cm³/mol. The number of halogens is 1. The zero-order chi connectivity index (χ0) is 14.1. The zero-order valence-corrected chi connectivity index (χ0v) is 13.3. The molecule has 2 atom stereocenters. The van der Waals surface area contributed by atoms with Gasteiger partial charge in [0, 0.05) is 0 Å². The van der Waals surface area contributed by atoms with Crippen molar-refractivity contribution < 1.29 is 14.7 Å². The summed E-state index contributed by atoms with van der Waals surface area (Å²) in [7, 11) is 0. The molecule has 0 aliphatic carbocycles. The minimum Gasteiger partial charge on any atom is -0.480 e. The molecule has 0 aliphatic heterocycles. The van der Waals surface area contributed by atoms with Gasteiger partial charge in [0.2, 0.25) is 5.91 Å². The number of nitrogens with two attached hydrogens (primary N) is 2. The molecule has 0 saturated carbocycles. The lowest BCUT2D eigenvalue weighted by atomic mass is 10.0. The van der Waals surface area contributed by atoms with Crippen molar-refractivity contribution in [2.45, 2.75) is 51.6 Å². The van der Waals surface area contributed by atoms with Gasteiger partial charge in [-0.15, -0.1) is 17.0 Å². The summed E-state index contributed by atoms with van der Waals surface area (Å²) in [5.74, 6) is -1.23. The van der Waals surface area contributed by atoms with Crippen LogP contribution in [0.5, 0.6) is 0 Å². The van der Waals surface area contributed by atoms with Crippen LogP contribution in [0.2, 0.25) is 0 Å². The molecule has 0 aromatic rings. The van der Waals surface area contributed by atoms with Gasteiger partial charge < -0.3 is 21.9 Å². The molecule has 0 aromatic heterocycles. The molecule has 0 unspecified atom stereocenters. The summed E-state index contributed by atoms with van der Waals surface area (Å²) < 4.78 is 0. The maximum Gasteiger partial charge on any atom is 0.326 e. The average molecular weight is 340 g/mol. The number of hydrogen-bond donors (Lipinski definition) is 4. The highest BCUT2D eigenvalue weighted by molar-refractivity contribution is 8.93. The molecule has 1 amide bonds. The molecule has 0 heterocycles. The number of unbranched alkanes of at least 4 members (excludes halogenated alkanes) is 1. The van der Waals surface area contributed by atoms with Gasteiger partial charge in [-0.1, -0.05) is 20.3 Å². The van der Waals surface area contributed by atoms with Crippen molar-refractivity contribution >= 4 is 28.9 Å². The normalized spacial score (nSPS) is 13.5. The van der Waals surface area contributed by atoms with E-state index in [0.717, 1.165) is 12.8 Å². The van der Waals surface area contributed by atoms with Crippen LogP contribution in [0.25, 0.3) is 0 Å². The molecular weight excluding hydrogens is 314 g/mol. The number of nitrogens with one attached hydrogen (secondary N) is 1. The van der Waals surface area contributed by atoms with E-state index in [1.807, 2.05) is 13.8 Å². The second kappa shape index (κ2) is 11.2. The van der Waals surface area contributed by atoms with E-state index in [1.165, 1.54) is 0 Å². The van der Waals surface area contributed by atoms with Crippen LogP contribution in [0.1, 0.15) is 39.5 Å². The molecular formula is C12H26BrN3O3. The van der Waals surface area contributed by atoms with E-state index in [2.05, 4.69) is 5.32 Å². The van der Waals surface area contributed by atoms with Crippen molar-refractivity contribution in [2.75, 3.05) is 6.54 Å². The molecule has 0 fully saturated rings. The van der Waals surface area contributed by atoms with Crippen LogP contribution < -0.4 is 16.8 Å². The maximum atomic E-state index is 11.7. The number of carboxylic acids is 1. The fraction of sp³-hybridized carbons (Fsp3) is 0.833. The first-order valence-electron chi connectivity index (χ1n) is 6.37. The van der Waals surface area contributed by atoms with Crippen LogP contribution in [-0.2, 0) is 9.59 Å². The maximum absolute atomic E-state index is 11.7. The molecule has 0 aromatic carbocycles. The minimum absolute atomic E-state index is 0. The summed E-state index contributed by atoms with van der Waals surface area (Å²) in [5.41, 5.74) is 11.0. The van der Waals surface area contributed by atoms with Crippen LogP contribution in [0, 0.1) is 5.92 Å². The minimum atomic E-state index is -1.02. The van der Waals surface area contributed by atoms with E-state index in [1.54, 1.807) is 0 Å². The Bertz CT molecular complexity index is 275. The van der Waals surface area contributed by atoms with E-state index < -0.39 is 24.0 Å². The number of rotatable bonds is 9. The SMILES string of the molecule is Br.CC(C)C[C@H](NC(=O)[C@@H](N)CCCCN)C(=O)O. The first-order valence-corrected chi connectivity index (χ1v) is 6.37. The van der Waals surface area contributed by atoms with E-state index in [9.17, 15) is 9.59 Å². The summed E-state index contributed by atoms with van der Waals surface area (Å²) >= 11 is 0. The smallest absolute Gasteiger partial charge is 0.326 e. The van der Waals surface area contributed by atoms with E-state index in [0.29, 0.717) is 19.4 Å². The summed E-state index contributed by atoms with van der Waals surface area (Å²) in [6, 6.07) is -1.52. The van der Waals surface area contributed by atoms with Crippen LogP contribution in [0.3, 0.4) is 0 Å². The molecule has 0 spiro atoms. The second-order valence-electron chi connectivity index (χ2n) is 4.92. The van der Waals surface area contributed by atoms with Crippen LogP contribution in [-0.4, -0.2) is 35.6 Å². The lowest BCUT2D eigenvalue weighted by Gasteiger charge is -2.19. The van der Waals surface area contributed by atoms with Crippen molar-refractivity contribution in [3.05, 3.63) is 0 Å². The van der Waals surface area contributed by atoms with Gasteiger partial charge in [-0.05, 0) is 31.7 Å². The molecule has 19 heavy (non-hydrogen) atoms. The van der Waals surface area contributed by atoms with Crippen LogP contribution >= 0.6 is 17.0 Å². The highest BCUT2D eigenvalue weighted by Crippen LogP contribution is 2.06. The Hall–Kier alpha value is -0.660. The molecule has 0 saturated heterocycles. The first kappa shape index (κ1) is 20.7. The summed E-state index contributed by atoms with van der Waals surface area (Å²) in [6.07, 6.45) is 2.51. The molecule has 7 heteroatoms. The van der Waals surface area contributed by atoms with E-state index in [4.69, 9.17) is 16.6 Å². The number of carbonyl (C=O) groups excluding carboxylic acids is 1. The third-order valence-electron chi connectivity index (χ3n) is 2.63. The van der Waals surface area contributed by atoms with Gasteiger partial charge in [0.25, 0.3) is 0 Å². The average Bonchev–Trinajstić information content (AvgIpc) is 2.27. The standard InChI is InChI=1S/C12H25N3O3.BrH/c1-8(2)7-10(12(17)18)15-11(16)9(14)5-3-4-6-13;/h8-10H,3-7,13-14H2,1-2H3,(H,15,16)(H,17,18);1H/t9-,10-;/m0./s1. The summed E-state index contributed by atoms with van der Waals surface area (Å²) in [6.45, 7) is 4.38. The summed E-state index contributed by atoms with van der Waals surface area (Å²) in [5, 5.41) is 11.5. The fourth-order valence-corrected chi connectivity index (χ4v) is 1.61. The number of hydrogen-bond acceptors (Lipinski definition) is 4. The predicted octanol–water partition coefficient (Wildman–Crippen LogP) is 0.636. The molecule has 0 aliphatic rings. The van der Waals surface area contributed by atoms with Gasteiger partial charge in [-0.2, -0.15) is 0 Å². The Morgan fingerprint density at radius 1 is 1.26 bits per heavy atom. The van der Waals surface area contributed by atoms with Crippen LogP contribution in [0.15, 0.2) is 0 Å². The number of aliphatic carboxylic acids is 1. The molecule has 114 valence electrons. The summed E-state index contributed by atoms with van der Waals surface area (Å²) in [4.78, 5) is 22.7. The van der Waals surface area contributed by atoms with Gasteiger partial charge in [-0.25, -0.2) is 4.79 Å². The Morgan fingerprint density at radius 2 is 1.84 bits per heavy atom. The lowest BCUT2D eigenvalue weighted by Crippen LogP contribution is -2.48. The number of amides is 1. The fourth-order valence-electron chi connectivity index (χ4n) is 1.61. The van der Waals surface area contributed by atoms with E-state index in [-0.39, 0.29) is 22.9 Å². The molecule has 6 nitrogen and oxygen atoms in total. The van der Waals surface area contributed by atoms with Crippen molar-refractivity contribution in [3.8, 4) is 0 Å². The molecule has 6 N–H and O–H groups in total. The van der Waals surface area contributed by atoms with Gasteiger partial charge in [-0.3, -0.25) is 4.79 Å². The Balaban J connectivity index is 0. The third-order valence-corrected chi connectivity index (χ3v) is 2.63. The second-order valence-corrected chi connectivity index (χ2v) is 4.92. The molecule has 0 rings (SSSR count). The quantitative estimate of drug-likeness (QED) is 0.459. The van der Waals surface area contributed by atoms with Crippen molar-refractivity contribution in [1.29, 1.82) is 0 Å². The van der Waals surface area contributed by atoms with Gasteiger partial charge in [0.1, 0.15) is 6.04 Å². The Morgan fingerprint density at radius 3 is 2.26 bits per heavy atom. The number of carbonyl (C=O) groups is 2. The first-order chi connectivity index (χ1) is 8.38. The third kappa shape index (κ3) is 9.86. The molecule has 0 bridgehead atoms. The van der Waals surface area contributed by atoms with Gasteiger partial charge in [0.05, 0.1) is 6.04 Å². The van der Waals surface area contributed by atoms with Crippen LogP contribution in [0.4, 0.5) is 0 Å². The monoisotopic (exact) mass is 339 g/mol. The van der Waals surface area contributed by atoms with Gasteiger partial charge >= 0.3 is 5.97 Å². The van der Waals surface area contributed by atoms with Crippen molar-refractivity contribution in [2.24, 2.45) is 17.4 Å². The van der Waals surface area contributed by atoms with Gasteiger partial charge in [0.15, 0.2) is 0 Å². The Kier molecular flexibility index (Phi) is 12.2. The highest BCUT2D eigenvalue weighted by Gasteiger charge is 2.23. The van der Waals surface area contributed by atoms with Crippen molar-refractivity contribution in [1.82, 2.24) is 5.32 Å².